The van der Waals surface area contributed by atoms with Crippen molar-refractivity contribution in [2.45, 2.75) is 32.4 Å². The predicted octanol–water partition coefficient (Wildman–Crippen LogP) is 4.24. The number of carbonyl (C=O) groups is 1. The molecule has 0 saturated carbocycles. The third-order valence-electron chi connectivity index (χ3n) is 5.87. The van der Waals surface area contributed by atoms with E-state index in [1.54, 1.807) is 6.20 Å². The molecule has 0 bridgehead atoms. The molecule has 0 aliphatic carbocycles. The lowest BCUT2D eigenvalue weighted by Crippen LogP contribution is -2.36. The first-order chi connectivity index (χ1) is 13.7. The molecule has 140 valence electrons. The second-order valence-electron chi connectivity index (χ2n) is 7.70. The summed E-state index contributed by atoms with van der Waals surface area (Å²) in [6, 6.07) is 20.7. The van der Waals surface area contributed by atoms with E-state index in [0.29, 0.717) is 5.56 Å². The van der Waals surface area contributed by atoms with E-state index in [4.69, 9.17) is 0 Å². The van der Waals surface area contributed by atoms with Crippen molar-refractivity contribution in [2.24, 2.45) is 0 Å². The first-order valence-corrected chi connectivity index (χ1v) is 9.90. The van der Waals surface area contributed by atoms with Crippen LogP contribution in [0.5, 0.6) is 0 Å². The Morgan fingerprint density at radius 1 is 1.00 bits per heavy atom. The Bertz CT molecular complexity index is 1050. The van der Waals surface area contributed by atoms with Crippen LogP contribution in [0.3, 0.4) is 0 Å². The average molecular weight is 369 g/mol. The van der Waals surface area contributed by atoms with Crippen molar-refractivity contribution in [3.63, 3.8) is 0 Å². The number of pyridine rings is 1. The van der Waals surface area contributed by atoms with Crippen LogP contribution < -0.4 is 9.80 Å². The van der Waals surface area contributed by atoms with Crippen LogP contribution in [0.15, 0.2) is 66.9 Å². The van der Waals surface area contributed by atoms with Gasteiger partial charge in [0.25, 0.3) is 5.91 Å². The van der Waals surface area contributed by atoms with Crippen LogP contribution in [0.25, 0.3) is 0 Å². The highest BCUT2D eigenvalue weighted by Gasteiger charge is 2.31. The minimum absolute atomic E-state index is 0.0542. The Morgan fingerprint density at radius 3 is 2.61 bits per heavy atom. The Balaban J connectivity index is 1.43. The highest BCUT2D eigenvalue weighted by Crippen LogP contribution is 2.33. The maximum atomic E-state index is 13.3. The van der Waals surface area contributed by atoms with E-state index in [-0.39, 0.29) is 11.9 Å². The van der Waals surface area contributed by atoms with Crippen molar-refractivity contribution in [1.82, 2.24) is 4.98 Å². The van der Waals surface area contributed by atoms with Gasteiger partial charge in [0.1, 0.15) is 5.82 Å². The van der Waals surface area contributed by atoms with E-state index >= 15 is 0 Å². The van der Waals surface area contributed by atoms with Gasteiger partial charge < -0.3 is 9.80 Å². The van der Waals surface area contributed by atoms with Crippen LogP contribution >= 0.6 is 0 Å². The molecule has 1 atom stereocenters. The van der Waals surface area contributed by atoms with Gasteiger partial charge in [0.15, 0.2) is 0 Å². The Morgan fingerprint density at radius 2 is 1.75 bits per heavy atom. The van der Waals surface area contributed by atoms with E-state index in [0.717, 1.165) is 37.4 Å². The van der Waals surface area contributed by atoms with E-state index in [1.165, 1.54) is 16.7 Å². The lowest BCUT2D eigenvalue weighted by molar-refractivity contribution is 0.0981. The molecule has 1 unspecified atom stereocenters. The molecule has 0 saturated heterocycles. The molecule has 0 spiro atoms. The van der Waals surface area contributed by atoms with Crippen LogP contribution in [-0.4, -0.2) is 23.5 Å². The van der Waals surface area contributed by atoms with Crippen LogP contribution in [0, 0.1) is 0 Å². The predicted molar refractivity (Wildman–Crippen MR) is 112 cm³/mol. The van der Waals surface area contributed by atoms with Crippen molar-refractivity contribution in [3.8, 4) is 0 Å². The van der Waals surface area contributed by atoms with Gasteiger partial charge in [-0.3, -0.25) is 4.79 Å². The lowest BCUT2D eigenvalue weighted by Gasteiger charge is -2.30. The van der Waals surface area contributed by atoms with Gasteiger partial charge in [-0.05, 0) is 54.7 Å². The molecule has 2 aromatic carbocycles. The molecule has 4 nitrogen and oxygen atoms in total. The molecule has 5 rings (SSSR count). The SMILES string of the molecule is CC1Cc2ccccc2N1C(=O)c1ccnc(N2CCc3ccccc3C2)c1. The largest absolute Gasteiger partial charge is 0.352 e. The topological polar surface area (TPSA) is 36.4 Å². The van der Waals surface area contributed by atoms with Gasteiger partial charge in [-0.25, -0.2) is 4.98 Å². The summed E-state index contributed by atoms with van der Waals surface area (Å²) in [5.41, 5.74) is 5.73. The van der Waals surface area contributed by atoms with Crippen molar-refractivity contribution in [1.29, 1.82) is 0 Å². The minimum atomic E-state index is 0.0542. The zero-order valence-electron chi connectivity index (χ0n) is 16.0. The number of aromatic nitrogens is 1. The Labute approximate surface area is 165 Å². The fraction of sp³-hybridized carbons (Fsp3) is 0.250. The van der Waals surface area contributed by atoms with E-state index in [1.807, 2.05) is 35.2 Å². The van der Waals surface area contributed by atoms with Gasteiger partial charge in [-0.15, -0.1) is 0 Å². The van der Waals surface area contributed by atoms with Gasteiger partial charge in [-0.2, -0.15) is 0 Å². The monoisotopic (exact) mass is 369 g/mol. The maximum Gasteiger partial charge on any atom is 0.258 e. The van der Waals surface area contributed by atoms with Crippen molar-refractivity contribution in [3.05, 3.63) is 89.1 Å². The second-order valence-corrected chi connectivity index (χ2v) is 7.70. The number of nitrogens with zero attached hydrogens (tertiary/aromatic N) is 3. The van der Waals surface area contributed by atoms with Gasteiger partial charge >= 0.3 is 0 Å². The van der Waals surface area contributed by atoms with Crippen LogP contribution in [0.2, 0.25) is 0 Å². The number of anilines is 2. The number of amides is 1. The Hall–Kier alpha value is -3.14. The van der Waals surface area contributed by atoms with Crippen molar-refractivity contribution < 1.29 is 4.79 Å². The quantitative estimate of drug-likeness (QED) is 0.678. The van der Waals surface area contributed by atoms with Crippen molar-refractivity contribution >= 4 is 17.4 Å². The number of hydrogen-bond donors (Lipinski definition) is 0. The summed E-state index contributed by atoms with van der Waals surface area (Å²) in [6.45, 7) is 3.87. The van der Waals surface area contributed by atoms with Gasteiger partial charge in [-0.1, -0.05) is 42.5 Å². The molecule has 2 aliphatic rings. The molecule has 1 aromatic heterocycles. The number of carbonyl (C=O) groups excluding carboxylic acids is 1. The van der Waals surface area contributed by atoms with E-state index in [2.05, 4.69) is 47.1 Å². The summed E-state index contributed by atoms with van der Waals surface area (Å²) in [7, 11) is 0. The maximum absolute atomic E-state index is 13.3. The third kappa shape index (κ3) is 2.85. The summed E-state index contributed by atoms with van der Waals surface area (Å²) in [6.07, 6.45) is 3.67. The zero-order valence-corrected chi connectivity index (χ0v) is 16.0. The fourth-order valence-electron chi connectivity index (χ4n) is 4.43. The summed E-state index contributed by atoms with van der Waals surface area (Å²) in [5.74, 6) is 0.930. The summed E-state index contributed by atoms with van der Waals surface area (Å²) >= 11 is 0. The Kier molecular flexibility index (Phi) is 4.12. The highest BCUT2D eigenvalue weighted by atomic mass is 16.2. The van der Waals surface area contributed by atoms with Crippen molar-refractivity contribution in [2.75, 3.05) is 16.3 Å². The van der Waals surface area contributed by atoms with E-state index < -0.39 is 0 Å². The van der Waals surface area contributed by atoms with Crippen LogP contribution in [-0.2, 0) is 19.4 Å². The standard InChI is InChI=1S/C24H23N3O/c1-17-14-19-7-4-5-9-22(19)27(17)24(28)20-10-12-25-23(15-20)26-13-11-18-6-2-3-8-21(18)16-26/h2-10,12,15,17H,11,13-14,16H2,1H3. The molecular weight excluding hydrogens is 346 g/mol. The fourth-order valence-corrected chi connectivity index (χ4v) is 4.43. The number of rotatable bonds is 2. The summed E-state index contributed by atoms with van der Waals surface area (Å²) < 4.78 is 0. The van der Waals surface area contributed by atoms with Gasteiger partial charge in [0.05, 0.1) is 0 Å². The first kappa shape index (κ1) is 17.0. The molecule has 4 heteroatoms. The summed E-state index contributed by atoms with van der Waals surface area (Å²) in [4.78, 5) is 22.1. The first-order valence-electron chi connectivity index (χ1n) is 9.90. The molecule has 3 aromatic rings. The summed E-state index contributed by atoms with van der Waals surface area (Å²) in [5, 5.41) is 0. The highest BCUT2D eigenvalue weighted by molar-refractivity contribution is 6.08. The number of fused-ring (bicyclic) bond motifs is 2. The number of benzene rings is 2. The number of hydrogen-bond acceptors (Lipinski definition) is 3. The minimum Gasteiger partial charge on any atom is -0.352 e. The molecule has 0 N–H and O–H groups in total. The molecule has 1 amide bonds. The molecule has 3 heterocycles. The third-order valence-corrected chi connectivity index (χ3v) is 5.87. The smallest absolute Gasteiger partial charge is 0.258 e. The second kappa shape index (κ2) is 6.79. The molecule has 0 fully saturated rings. The lowest BCUT2D eigenvalue weighted by atomic mass is 10.00. The van der Waals surface area contributed by atoms with Gasteiger partial charge in [0, 0.05) is 36.6 Å². The average Bonchev–Trinajstić information content (AvgIpc) is 3.08. The van der Waals surface area contributed by atoms with Crippen LogP contribution in [0.1, 0.15) is 34.0 Å². The van der Waals surface area contributed by atoms with E-state index in [9.17, 15) is 4.79 Å². The molecule has 2 aliphatic heterocycles. The van der Waals surface area contributed by atoms with Crippen LogP contribution in [0.4, 0.5) is 11.5 Å². The molecule has 0 radical (unpaired) electrons. The molecule has 28 heavy (non-hydrogen) atoms. The normalized spacial score (nSPS) is 18.0. The van der Waals surface area contributed by atoms with Gasteiger partial charge in [0.2, 0.25) is 0 Å². The molecular formula is C24H23N3O. The number of para-hydroxylation sites is 1. The zero-order chi connectivity index (χ0) is 19.1.